The molecule has 2 heterocycles. The number of halogens is 2. The molecular formula is C16H14ClFN2O. The molecule has 1 aromatic carbocycles. The van der Waals surface area contributed by atoms with E-state index >= 15 is 0 Å². The Balaban J connectivity index is 2.08. The van der Waals surface area contributed by atoms with Crippen LogP contribution >= 0.6 is 11.6 Å². The van der Waals surface area contributed by atoms with Crippen LogP contribution < -0.4 is 0 Å². The molecule has 0 radical (unpaired) electrons. The van der Waals surface area contributed by atoms with E-state index < -0.39 is 6.10 Å². The van der Waals surface area contributed by atoms with Crippen LogP contribution in [0.15, 0.2) is 42.6 Å². The molecule has 0 fully saturated rings. The summed E-state index contributed by atoms with van der Waals surface area (Å²) in [6.07, 6.45) is 1.59. The number of fused-ring (bicyclic) bond motifs is 1. The van der Waals surface area contributed by atoms with Crippen molar-refractivity contribution in [3.8, 4) is 0 Å². The normalized spacial score (nSPS) is 12.8. The minimum atomic E-state index is -0.672. The monoisotopic (exact) mass is 304 g/mol. The van der Waals surface area contributed by atoms with Gasteiger partial charge in [-0.3, -0.25) is 4.40 Å². The van der Waals surface area contributed by atoms with Gasteiger partial charge in [-0.2, -0.15) is 0 Å². The lowest BCUT2D eigenvalue weighted by atomic mass is 10.1. The third-order valence-corrected chi connectivity index (χ3v) is 3.60. The Hall–Kier alpha value is -1.91. The first-order valence-corrected chi connectivity index (χ1v) is 7.01. The van der Waals surface area contributed by atoms with E-state index in [2.05, 4.69) is 4.98 Å². The van der Waals surface area contributed by atoms with Crippen molar-refractivity contribution in [2.75, 3.05) is 0 Å². The van der Waals surface area contributed by atoms with Crippen molar-refractivity contribution in [3.05, 3.63) is 70.4 Å². The molecule has 1 unspecified atom stereocenters. The van der Waals surface area contributed by atoms with Crippen LogP contribution in [0, 0.1) is 5.82 Å². The largest absolute Gasteiger partial charge is 0.387 e. The summed E-state index contributed by atoms with van der Waals surface area (Å²) in [6, 6.07) is 9.85. The summed E-state index contributed by atoms with van der Waals surface area (Å²) in [7, 11) is 0. The summed E-state index contributed by atoms with van der Waals surface area (Å²) in [5.41, 5.74) is 3.14. The first-order chi connectivity index (χ1) is 10.0. The standard InChI is InChI=1S/C16H14ClFN2O/c1-10(21)16-14(8-11-2-5-13(18)6-3-11)19-15-7-4-12(17)9-20(15)16/h2-7,9-10,21H,8H2,1H3. The SMILES string of the molecule is CC(O)c1c(Cc2ccc(F)cc2)nc2ccc(Cl)cn12. The first-order valence-electron chi connectivity index (χ1n) is 6.63. The number of benzene rings is 1. The lowest BCUT2D eigenvalue weighted by Gasteiger charge is -2.08. The molecule has 0 aliphatic rings. The molecule has 0 saturated carbocycles. The average molecular weight is 305 g/mol. The number of hydrogen-bond donors (Lipinski definition) is 1. The van der Waals surface area contributed by atoms with Crippen molar-refractivity contribution in [3.63, 3.8) is 0 Å². The fourth-order valence-corrected chi connectivity index (χ4v) is 2.61. The second kappa shape index (κ2) is 5.47. The lowest BCUT2D eigenvalue weighted by molar-refractivity contribution is 0.192. The Morgan fingerprint density at radius 1 is 1.24 bits per heavy atom. The Kier molecular flexibility index (Phi) is 3.66. The van der Waals surface area contributed by atoms with Gasteiger partial charge in [0.25, 0.3) is 0 Å². The van der Waals surface area contributed by atoms with E-state index in [0.29, 0.717) is 17.1 Å². The second-order valence-corrected chi connectivity index (χ2v) is 5.43. The van der Waals surface area contributed by atoms with E-state index in [1.54, 1.807) is 35.7 Å². The predicted molar refractivity (Wildman–Crippen MR) is 80.0 cm³/mol. The average Bonchev–Trinajstić information content (AvgIpc) is 2.78. The topological polar surface area (TPSA) is 37.5 Å². The molecule has 0 amide bonds. The van der Waals surface area contributed by atoms with E-state index in [4.69, 9.17) is 11.6 Å². The van der Waals surface area contributed by atoms with Crippen LogP contribution in [0.5, 0.6) is 0 Å². The van der Waals surface area contributed by atoms with Crippen molar-refractivity contribution in [1.29, 1.82) is 0 Å². The maximum absolute atomic E-state index is 13.0. The molecular weight excluding hydrogens is 291 g/mol. The quantitative estimate of drug-likeness (QED) is 0.800. The van der Waals surface area contributed by atoms with Crippen LogP contribution in [0.1, 0.15) is 30.0 Å². The minimum Gasteiger partial charge on any atom is -0.387 e. The van der Waals surface area contributed by atoms with E-state index in [9.17, 15) is 9.50 Å². The fourth-order valence-electron chi connectivity index (χ4n) is 2.45. The third kappa shape index (κ3) is 2.77. The fraction of sp³-hybridized carbons (Fsp3) is 0.188. The summed E-state index contributed by atoms with van der Waals surface area (Å²) < 4.78 is 14.8. The molecule has 2 aromatic heterocycles. The number of imidazole rings is 1. The smallest absolute Gasteiger partial charge is 0.137 e. The van der Waals surface area contributed by atoms with E-state index in [1.807, 2.05) is 6.07 Å². The minimum absolute atomic E-state index is 0.267. The highest BCUT2D eigenvalue weighted by Gasteiger charge is 2.17. The second-order valence-electron chi connectivity index (χ2n) is 5.00. The third-order valence-electron chi connectivity index (χ3n) is 3.38. The molecule has 1 N–H and O–H groups in total. The van der Waals surface area contributed by atoms with Crippen LogP contribution in [0.25, 0.3) is 5.65 Å². The molecule has 0 spiro atoms. The highest BCUT2D eigenvalue weighted by Crippen LogP contribution is 2.24. The van der Waals surface area contributed by atoms with Crippen LogP contribution in [0.4, 0.5) is 4.39 Å². The molecule has 1 atom stereocenters. The number of aliphatic hydroxyl groups is 1. The van der Waals surface area contributed by atoms with Crippen molar-refractivity contribution in [1.82, 2.24) is 9.38 Å². The zero-order valence-corrected chi connectivity index (χ0v) is 12.2. The van der Waals surface area contributed by atoms with Gasteiger partial charge in [-0.05, 0) is 36.8 Å². The first kappa shape index (κ1) is 14.0. The Labute approximate surface area is 126 Å². The number of pyridine rings is 1. The number of nitrogens with zero attached hydrogens (tertiary/aromatic N) is 2. The maximum Gasteiger partial charge on any atom is 0.137 e. The summed E-state index contributed by atoms with van der Waals surface area (Å²) in [5.74, 6) is -0.267. The number of aliphatic hydroxyl groups excluding tert-OH is 1. The van der Waals surface area contributed by atoms with Crippen LogP contribution in [0.2, 0.25) is 5.02 Å². The van der Waals surface area contributed by atoms with Gasteiger partial charge < -0.3 is 5.11 Å². The number of hydrogen-bond acceptors (Lipinski definition) is 2. The molecule has 0 bridgehead atoms. The van der Waals surface area contributed by atoms with Crippen LogP contribution in [0.3, 0.4) is 0 Å². The Morgan fingerprint density at radius 2 is 1.95 bits per heavy atom. The molecule has 0 aliphatic heterocycles. The van der Waals surface area contributed by atoms with Gasteiger partial charge in [-0.15, -0.1) is 0 Å². The molecule has 0 aliphatic carbocycles. The molecule has 3 rings (SSSR count). The van der Waals surface area contributed by atoms with Gasteiger partial charge >= 0.3 is 0 Å². The predicted octanol–water partition coefficient (Wildman–Crippen LogP) is 3.77. The number of rotatable bonds is 3. The molecule has 5 heteroatoms. The van der Waals surface area contributed by atoms with E-state index in [0.717, 1.165) is 16.9 Å². The molecule has 21 heavy (non-hydrogen) atoms. The van der Waals surface area contributed by atoms with E-state index in [1.165, 1.54) is 12.1 Å². The van der Waals surface area contributed by atoms with Crippen molar-refractivity contribution in [2.24, 2.45) is 0 Å². The van der Waals surface area contributed by atoms with Gasteiger partial charge in [-0.25, -0.2) is 9.37 Å². The summed E-state index contributed by atoms with van der Waals surface area (Å²) in [5, 5.41) is 10.6. The van der Waals surface area contributed by atoms with Crippen molar-refractivity contribution >= 4 is 17.2 Å². The summed E-state index contributed by atoms with van der Waals surface area (Å²) in [4.78, 5) is 4.54. The Bertz CT molecular complexity index is 781. The highest BCUT2D eigenvalue weighted by atomic mass is 35.5. The lowest BCUT2D eigenvalue weighted by Crippen LogP contribution is -2.02. The van der Waals surface area contributed by atoms with Gasteiger partial charge in [0.1, 0.15) is 11.5 Å². The molecule has 0 saturated heterocycles. The van der Waals surface area contributed by atoms with Gasteiger partial charge in [0.05, 0.1) is 22.5 Å². The zero-order chi connectivity index (χ0) is 15.0. The number of aromatic nitrogens is 2. The van der Waals surface area contributed by atoms with E-state index in [-0.39, 0.29) is 5.82 Å². The maximum atomic E-state index is 13.0. The van der Waals surface area contributed by atoms with Crippen LogP contribution in [-0.4, -0.2) is 14.5 Å². The highest BCUT2D eigenvalue weighted by molar-refractivity contribution is 6.30. The zero-order valence-electron chi connectivity index (χ0n) is 11.4. The van der Waals surface area contributed by atoms with Crippen LogP contribution in [-0.2, 0) is 6.42 Å². The summed E-state index contributed by atoms with van der Waals surface area (Å²) >= 11 is 6.01. The Morgan fingerprint density at radius 3 is 2.62 bits per heavy atom. The molecule has 108 valence electrons. The summed E-state index contributed by atoms with van der Waals surface area (Å²) in [6.45, 7) is 1.69. The van der Waals surface area contributed by atoms with Crippen molar-refractivity contribution in [2.45, 2.75) is 19.4 Å². The van der Waals surface area contributed by atoms with Gasteiger partial charge in [0, 0.05) is 12.6 Å². The van der Waals surface area contributed by atoms with Crippen molar-refractivity contribution < 1.29 is 9.50 Å². The van der Waals surface area contributed by atoms with Gasteiger partial charge in [0.2, 0.25) is 0 Å². The molecule has 3 aromatic rings. The molecule has 3 nitrogen and oxygen atoms in total. The van der Waals surface area contributed by atoms with Gasteiger partial charge in [0.15, 0.2) is 0 Å². The van der Waals surface area contributed by atoms with Gasteiger partial charge in [-0.1, -0.05) is 23.7 Å².